The normalized spacial score (nSPS) is 15.8. The quantitative estimate of drug-likeness (QED) is 0.223. The van der Waals surface area contributed by atoms with Gasteiger partial charge in [0.15, 0.2) is 0 Å². The molecule has 4 rings (SSSR count). The second-order valence-corrected chi connectivity index (χ2v) is 9.17. The van der Waals surface area contributed by atoms with Gasteiger partial charge < -0.3 is 23.9 Å². The number of benzene rings is 2. The van der Waals surface area contributed by atoms with Crippen LogP contribution >= 0.6 is 0 Å². The molecule has 210 valence electrons. The van der Waals surface area contributed by atoms with Crippen molar-refractivity contribution in [3.63, 3.8) is 0 Å². The van der Waals surface area contributed by atoms with Crippen molar-refractivity contribution in [1.29, 1.82) is 0 Å². The van der Waals surface area contributed by atoms with Crippen LogP contribution in [0.1, 0.15) is 36.4 Å². The van der Waals surface area contributed by atoms with E-state index in [1.807, 2.05) is 0 Å². The zero-order valence-corrected chi connectivity index (χ0v) is 21.0. The fourth-order valence-electron chi connectivity index (χ4n) is 4.38. The highest BCUT2D eigenvalue weighted by atomic mass is 19.4. The van der Waals surface area contributed by atoms with E-state index in [1.54, 1.807) is 43.0 Å². The lowest BCUT2D eigenvalue weighted by atomic mass is 9.90. The van der Waals surface area contributed by atoms with E-state index < -0.39 is 29.5 Å². The number of fused-ring (bicyclic) bond motifs is 1. The number of alkyl halides is 6. The Bertz CT molecular complexity index is 1340. The van der Waals surface area contributed by atoms with E-state index in [-0.39, 0.29) is 31.4 Å². The molecule has 0 amide bonds. The standard InChI is InChI=1S/C26H24F6N2O5/c1-14-10-18-11-19(24(36,25(27,28)29)26(30,31)32)6-9-22(18)34(14)12-21-15(2)39-23(33-21)17-4-7-20(8-5-17)38-13-37-16(3)35/h4-9,11,14,36H,10,12-13H2,1-3H3. The lowest BCUT2D eigenvalue weighted by molar-refractivity contribution is -0.376. The molecule has 2 heterocycles. The molecular formula is C26H24F6N2O5. The van der Waals surface area contributed by atoms with Crippen molar-refractivity contribution in [2.45, 2.75) is 57.7 Å². The van der Waals surface area contributed by atoms with Gasteiger partial charge in [-0.25, -0.2) is 4.98 Å². The first-order valence-corrected chi connectivity index (χ1v) is 11.7. The number of aliphatic hydroxyl groups is 1. The molecule has 0 bridgehead atoms. The van der Waals surface area contributed by atoms with Crippen LogP contribution in [0.5, 0.6) is 5.75 Å². The Labute approximate surface area is 219 Å². The van der Waals surface area contributed by atoms with Crippen LogP contribution in [-0.2, 0) is 28.1 Å². The first kappa shape index (κ1) is 28.3. The maximum absolute atomic E-state index is 13.3. The van der Waals surface area contributed by atoms with Gasteiger partial charge in [0.25, 0.3) is 5.60 Å². The molecular weight excluding hydrogens is 534 g/mol. The van der Waals surface area contributed by atoms with Crippen molar-refractivity contribution in [3.05, 3.63) is 65.0 Å². The molecule has 1 unspecified atom stereocenters. The van der Waals surface area contributed by atoms with E-state index in [2.05, 4.69) is 4.98 Å². The number of nitrogens with zero attached hydrogens (tertiary/aromatic N) is 2. The van der Waals surface area contributed by atoms with Crippen LogP contribution in [0.15, 0.2) is 46.9 Å². The molecule has 0 radical (unpaired) electrons. The molecule has 1 atom stereocenters. The van der Waals surface area contributed by atoms with Gasteiger partial charge in [-0.15, -0.1) is 0 Å². The fourth-order valence-corrected chi connectivity index (χ4v) is 4.38. The molecule has 0 saturated heterocycles. The minimum Gasteiger partial charge on any atom is -0.457 e. The van der Waals surface area contributed by atoms with Gasteiger partial charge in [0.2, 0.25) is 12.7 Å². The summed E-state index contributed by atoms with van der Waals surface area (Å²) in [5.41, 5.74) is -4.41. The van der Waals surface area contributed by atoms with Crippen molar-refractivity contribution < 1.29 is 50.1 Å². The Morgan fingerprint density at radius 1 is 1.10 bits per heavy atom. The van der Waals surface area contributed by atoms with Crippen molar-refractivity contribution in [2.75, 3.05) is 11.7 Å². The fraction of sp³-hybridized carbons (Fsp3) is 0.385. The maximum Gasteiger partial charge on any atom is 0.430 e. The molecule has 1 aliphatic heterocycles. The van der Waals surface area contributed by atoms with Crippen LogP contribution < -0.4 is 9.64 Å². The Kier molecular flexibility index (Phi) is 7.32. The Balaban J connectivity index is 1.55. The van der Waals surface area contributed by atoms with Crippen molar-refractivity contribution in [2.24, 2.45) is 0 Å². The number of ether oxygens (including phenoxy) is 2. The summed E-state index contributed by atoms with van der Waals surface area (Å²) in [6.45, 7) is 4.69. The van der Waals surface area contributed by atoms with Crippen LogP contribution in [0, 0.1) is 6.92 Å². The highest BCUT2D eigenvalue weighted by molar-refractivity contribution is 5.65. The third-order valence-electron chi connectivity index (χ3n) is 6.48. The highest BCUT2D eigenvalue weighted by Crippen LogP contribution is 2.51. The van der Waals surface area contributed by atoms with Gasteiger partial charge in [-0.2, -0.15) is 26.3 Å². The lowest BCUT2D eigenvalue weighted by Gasteiger charge is -2.33. The average molecular weight is 558 g/mol. The summed E-state index contributed by atoms with van der Waals surface area (Å²) in [4.78, 5) is 17.2. The predicted octanol–water partition coefficient (Wildman–Crippen LogP) is 5.81. The Morgan fingerprint density at radius 3 is 2.33 bits per heavy atom. The second-order valence-electron chi connectivity index (χ2n) is 9.17. The first-order chi connectivity index (χ1) is 18.1. The summed E-state index contributed by atoms with van der Waals surface area (Å²) in [7, 11) is 0. The van der Waals surface area contributed by atoms with Crippen LogP contribution in [0.25, 0.3) is 11.5 Å². The number of halogens is 6. The maximum atomic E-state index is 13.3. The van der Waals surface area contributed by atoms with Gasteiger partial charge in [-0.05, 0) is 56.2 Å². The van der Waals surface area contributed by atoms with Crippen LogP contribution in [-0.4, -0.2) is 41.2 Å². The van der Waals surface area contributed by atoms with Gasteiger partial charge in [0.1, 0.15) is 17.2 Å². The molecule has 1 aromatic heterocycles. The topological polar surface area (TPSA) is 85.0 Å². The number of oxazole rings is 1. The number of hydrogen-bond acceptors (Lipinski definition) is 7. The van der Waals surface area contributed by atoms with Gasteiger partial charge in [0.05, 0.1) is 6.54 Å². The third-order valence-corrected chi connectivity index (χ3v) is 6.48. The number of anilines is 1. The largest absolute Gasteiger partial charge is 0.457 e. The SMILES string of the molecule is CC(=O)OCOc1ccc(-c2nc(CN3c4ccc(C(O)(C(F)(F)F)C(F)(F)F)cc4CC3C)c(C)o2)cc1. The highest BCUT2D eigenvalue weighted by Gasteiger charge is 2.71. The summed E-state index contributed by atoms with van der Waals surface area (Å²) >= 11 is 0. The van der Waals surface area contributed by atoms with E-state index in [0.717, 1.165) is 12.1 Å². The number of hydrogen-bond donors (Lipinski definition) is 1. The molecule has 0 fully saturated rings. The van der Waals surface area contributed by atoms with Crippen LogP contribution in [0.2, 0.25) is 0 Å². The zero-order valence-electron chi connectivity index (χ0n) is 21.0. The molecule has 1 N–H and O–H groups in total. The van der Waals surface area contributed by atoms with E-state index in [9.17, 15) is 36.2 Å². The predicted molar refractivity (Wildman–Crippen MR) is 126 cm³/mol. The monoisotopic (exact) mass is 558 g/mol. The Hall–Kier alpha value is -3.74. The number of esters is 1. The summed E-state index contributed by atoms with van der Waals surface area (Å²) in [6.07, 6.45) is -11.7. The molecule has 0 aliphatic carbocycles. The minimum absolute atomic E-state index is 0.174. The summed E-state index contributed by atoms with van der Waals surface area (Å²) in [5.74, 6) is 0.764. The summed E-state index contributed by atoms with van der Waals surface area (Å²) in [5, 5.41) is 9.77. The summed E-state index contributed by atoms with van der Waals surface area (Å²) in [6, 6.07) is 8.95. The number of aromatic nitrogens is 1. The average Bonchev–Trinajstić information content (AvgIpc) is 3.36. The molecule has 13 heteroatoms. The van der Waals surface area contributed by atoms with Gasteiger partial charge in [-0.1, -0.05) is 12.1 Å². The van der Waals surface area contributed by atoms with Crippen LogP contribution in [0.4, 0.5) is 32.0 Å². The number of carbonyl (C=O) groups excluding carboxylic acids is 1. The van der Waals surface area contributed by atoms with Gasteiger partial charge >= 0.3 is 18.3 Å². The Morgan fingerprint density at radius 2 is 1.74 bits per heavy atom. The zero-order chi connectivity index (χ0) is 28.8. The molecule has 0 saturated carbocycles. The van der Waals surface area contributed by atoms with Crippen molar-refractivity contribution >= 4 is 11.7 Å². The minimum atomic E-state index is -5.95. The first-order valence-electron chi connectivity index (χ1n) is 11.7. The van der Waals surface area contributed by atoms with E-state index in [0.29, 0.717) is 40.4 Å². The van der Waals surface area contributed by atoms with Gasteiger partial charge in [-0.3, -0.25) is 4.79 Å². The van der Waals surface area contributed by atoms with Crippen molar-refractivity contribution in [1.82, 2.24) is 4.98 Å². The molecule has 2 aromatic carbocycles. The molecule has 1 aliphatic rings. The van der Waals surface area contributed by atoms with E-state index >= 15 is 0 Å². The number of aryl methyl sites for hydroxylation is 1. The number of carbonyl (C=O) groups is 1. The van der Waals surface area contributed by atoms with Crippen LogP contribution in [0.3, 0.4) is 0 Å². The molecule has 3 aromatic rings. The molecule has 39 heavy (non-hydrogen) atoms. The third kappa shape index (κ3) is 5.40. The summed E-state index contributed by atoms with van der Waals surface area (Å²) < 4.78 is 95.9. The molecule has 0 spiro atoms. The van der Waals surface area contributed by atoms with E-state index in [4.69, 9.17) is 13.9 Å². The second kappa shape index (κ2) is 10.1. The number of rotatable bonds is 7. The van der Waals surface area contributed by atoms with Gasteiger partial charge in [0, 0.05) is 29.8 Å². The van der Waals surface area contributed by atoms with Crippen molar-refractivity contribution in [3.8, 4) is 17.2 Å². The smallest absolute Gasteiger partial charge is 0.430 e. The molecule has 7 nitrogen and oxygen atoms in total. The van der Waals surface area contributed by atoms with E-state index in [1.165, 1.54) is 6.92 Å². The lowest BCUT2D eigenvalue weighted by Crippen LogP contribution is -2.53.